The van der Waals surface area contributed by atoms with Gasteiger partial charge < -0.3 is 4.57 Å². The molecular weight excluding hydrogens is 419 g/mol. The third kappa shape index (κ3) is 3.71. The van der Waals surface area contributed by atoms with Crippen LogP contribution >= 0.6 is 0 Å². The summed E-state index contributed by atoms with van der Waals surface area (Å²) in [5.41, 5.74) is 2.18. The Morgan fingerprint density at radius 3 is 2.39 bits per heavy atom. The minimum absolute atomic E-state index is 0.132. The number of hydrogen-bond donors (Lipinski definition) is 0. The molecule has 4 aromatic rings. The van der Waals surface area contributed by atoms with Gasteiger partial charge in [0.2, 0.25) is 0 Å². The second kappa shape index (κ2) is 8.46. The highest BCUT2D eigenvalue weighted by atomic mass is 19.1. The van der Waals surface area contributed by atoms with Crippen LogP contribution in [0.5, 0.6) is 0 Å². The standard InChI is InChI=1S/C26H27FN4O2/c1-17(2)18-11-13-21(14-12-18)30-24-23(25(32)31(26(30)33)20-8-4-5-9-20)29(16-28-24)15-19-7-3-6-10-22(19)27/h3,6-7,10-14,16-17,20H,4-5,8-9,15H2,1-2H3. The zero-order valence-electron chi connectivity index (χ0n) is 18.9. The highest BCUT2D eigenvalue weighted by Crippen LogP contribution is 2.28. The molecule has 0 unspecified atom stereocenters. The SMILES string of the molecule is CC(C)c1ccc(-n2c(=O)n(C3CCCC3)c(=O)c3c2ncn3Cc2ccccc2F)cc1. The van der Waals surface area contributed by atoms with Gasteiger partial charge in [0.25, 0.3) is 5.56 Å². The van der Waals surface area contributed by atoms with Crippen LogP contribution in [-0.2, 0) is 6.54 Å². The number of rotatable bonds is 5. The molecule has 0 N–H and O–H groups in total. The first kappa shape index (κ1) is 21.4. The lowest BCUT2D eigenvalue weighted by Gasteiger charge is -2.17. The van der Waals surface area contributed by atoms with E-state index in [2.05, 4.69) is 18.8 Å². The fraction of sp³-hybridized carbons (Fsp3) is 0.346. The second-order valence-electron chi connectivity index (χ2n) is 9.11. The van der Waals surface area contributed by atoms with Gasteiger partial charge in [-0.15, -0.1) is 0 Å². The molecule has 170 valence electrons. The van der Waals surface area contributed by atoms with Gasteiger partial charge in [-0.1, -0.05) is 57.0 Å². The molecule has 1 aliphatic rings. The van der Waals surface area contributed by atoms with Crippen LogP contribution in [0.4, 0.5) is 4.39 Å². The van der Waals surface area contributed by atoms with E-state index in [1.165, 1.54) is 21.5 Å². The van der Waals surface area contributed by atoms with E-state index in [9.17, 15) is 14.0 Å². The first-order valence-corrected chi connectivity index (χ1v) is 11.5. The number of hydrogen-bond acceptors (Lipinski definition) is 3. The van der Waals surface area contributed by atoms with Gasteiger partial charge in [0.05, 0.1) is 18.6 Å². The maximum Gasteiger partial charge on any atom is 0.337 e. The molecule has 2 aromatic heterocycles. The van der Waals surface area contributed by atoms with E-state index in [0.29, 0.717) is 28.3 Å². The summed E-state index contributed by atoms with van der Waals surface area (Å²) in [6.45, 7) is 4.39. The Morgan fingerprint density at radius 1 is 1.03 bits per heavy atom. The fourth-order valence-electron chi connectivity index (χ4n) is 4.81. The smallest absolute Gasteiger partial charge is 0.320 e. The van der Waals surface area contributed by atoms with Crippen molar-refractivity contribution in [1.82, 2.24) is 18.7 Å². The molecule has 1 aliphatic carbocycles. The van der Waals surface area contributed by atoms with Crippen LogP contribution in [-0.4, -0.2) is 18.7 Å². The first-order valence-electron chi connectivity index (χ1n) is 11.5. The monoisotopic (exact) mass is 446 g/mol. The number of fused-ring (bicyclic) bond motifs is 1. The molecule has 0 atom stereocenters. The third-order valence-corrected chi connectivity index (χ3v) is 6.66. The van der Waals surface area contributed by atoms with Crippen molar-refractivity contribution in [2.45, 2.75) is 58.0 Å². The predicted octanol–water partition coefficient (Wildman–Crippen LogP) is 4.77. The summed E-state index contributed by atoms with van der Waals surface area (Å²) in [7, 11) is 0. The quantitative estimate of drug-likeness (QED) is 0.443. The van der Waals surface area contributed by atoms with Crippen LogP contribution in [0.3, 0.4) is 0 Å². The van der Waals surface area contributed by atoms with Crippen molar-refractivity contribution in [3.63, 3.8) is 0 Å². The summed E-state index contributed by atoms with van der Waals surface area (Å²) in [5, 5.41) is 0. The van der Waals surface area contributed by atoms with Crippen LogP contribution in [0.15, 0.2) is 64.4 Å². The maximum atomic E-state index is 14.3. The van der Waals surface area contributed by atoms with Gasteiger partial charge in [0, 0.05) is 11.6 Å². The molecule has 2 heterocycles. The van der Waals surface area contributed by atoms with Crippen LogP contribution in [0.2, 0.25) is 0 Å². The molecule has 33 heavy (non-hydrogen) atoms. The van der Waals surface area contributed by atoms with E-state index in [1.807, 2.05) is 24.3 Å². The first-order chi connectivity index (χ1) is 16.0. The predicted molar refractivity (Wildman–Crippen MR) is 127 cm³/mol. The normalized spacial score (nSPS) is 14.5. The van der Waals surface area contributed by atoms with Crippen molar-refractivity contribution in [3.8, 4) is 5.69 Å². The van der Waals surface area contributed by atoms with Gasteiger partial charge in [-0.05, 0) is 42.5 Å². The molecule has 0 aliphatic heterocycles. The molecule has 0 amide bonds. The Morgan fingerprint density at radius 2 is 1.73 bits per heavy atom. The Labute approximate surface area is 190 Å². The highest BCUT2D eigenvalue weighted by molar-refractivity contribution is 5.72. The number of nitrogens with zero attached hydrogens (tertiary/aromatic N) is 4. The Bertz CT molecular complexity index is 1420. The van der Waals surface area contributed by atoms with Gasteiger partial charge in [-0.25, -0.2) is 18.7 Å². The number of benzene rings is 2. The van der Waals surface area contributed by atoms with E-state index in [4.69, 9.17) is 0 Å². The summed E-state index contributed by atoms with van der Waals surface area (Å²) in [6.07, 6.45) is 5.11. The minimum Gasteiger partial charge on any atom is -0.320 e. The molecule has 0 radical (unpaired) electrons. The molecule has 5 rings (SSSR count). The summed E-state index contributed by atoms with van der Waals surface area (Å²) >= 11 is 0. The van der Waals surface area contributed by atoms with Crippen molar-refractivity contribution in [3.05, 3.63) is 92.6 Å². The van der Waals surface area contributed by atoms with Gasteiger partial charge in [0.15, 0.2) is 11.2 Å². The van der Waals surface area contributed by atoms with Crippen LogP contribution in [0.1, 0.15) is 62.6 Å². The third-order valence-electron chi connectivity index (χ3n) is 6.66. The topological polar surface area (TPSA) is 61.8 Å². The number of aromatic nitrogens is 4. The molecule has 7 heteroatoms. The number of halogens is 1. The van der Waals surface area contributed by atoms with Gasteiger partial charge in [-0.2, -0.15) is 0 Å². The van der Waals surface area contributed by atoms with E-state index in [0.717, 1.165) is 31.2 Å². The van der Waals surface area contributed by atoms with E-state index >= 15 is 0 Å². The summed E-state index contributed by atoms with van der Waals surface area (Å²) in [6, 6.07) is 14.2. The van der Waals surface area contributed by atoms with Gasteiger partial charge in [0.1, 0.15) is 5.82 Å². The van der Waals surface area contributed by atoms with Crippen molar-refractivity contribution < 1.29 is 4.39 Å². The molecule has 2 aromatic carbocycles. The summed E-state index contributed by atoms with van der Waals surface area (Å²) in [4.78, 5) is 31.7. The zero-order chi connectivity index (χ0) is 23.1. The second-order valence-corrected chi connectivity index (χ2v) is 9.11. The van der Waals surface area contributed by atoms with Gasteiger partial charge in [-0.3, -0.25) is 9.36 Å². The van der Waals surface area contributed by atoms with Crippen LogP contribution < -0.4 is 11.2 Å². The summed E-state index contributed by atoms with van der Waals surface area (Å²) < 4.78 is 18.9. The van der Waals surface area contributed by atoms with Crippen molar-refractivity contribution in [2.24, 2.45) is 0 Å². The lowest BCUT2D eigenvalue weighted by atomic mass is 10.0. The van der Waals surface area contributed by atoms with Crippen LogP contribution in [0, 0.1) is 5.82 Å². The van der Waals surface area contributed by atoms with Gasteiger partial charge >= 0.3 is 5.69 Å². The molecule has 0 spiro atoms. The minimum atomic E-state index is -0.368. The Kier molecular flexibility index (Phi) is 5.48. The average molecular weight is 447 g/mol. The maximum absolute atomic E-state index is 14.3. The Hall–Kier alpha value is -3.48. The largest absolute Gasteiger partial charge is 0.337 e. The van der Waals surface area contributed by atoms with Crippen molar-refractivity contribution in [1.29, 1.82) is 0 Å². The molecule has 0 bridgehead atoms. The summed E-state index contributed by atoms with van der Waals surface area (Å²) in [5.74, 6) is 0.0243. The van der Waals surface area contributed by atoms with Crippen molar-refractivity contribution >= 4 is 11.2 Å². The average Bonchev–Trinajstić information content (AvgIpc) is 3.47. The van der Waals surface area contributed by atoms with Crippen LogP contribution in [0.25, 0.3) is 16.9 Å². The number of imidazole rings is 1. The zero-order valence-corrected chi connectivity index (χ0v) is 18.9. The molecule has 1 fully saturated rings. The molecular formula is C26H27FN4O2. The van der Waals surface area contributed by atoms with E-state index in [1.54, 1.807) is 22.8 Å². The Balaban J connectivity index is 1.75. The van der Waals surface area contributed by atoms with E-state index in [-0.39, 0.29) is 29.7 Å². The fourth-order valence-corrected chi connectivity index (χ4v) is 4.81. The lowest BCUT2D eigenvalue weighted by molar-refractivity contribution is 0.474. The molecule has 6 nitrogen and oxygen atoms in total. The molecule has 0 saturated heterocycles. The highest BCUT2D eigenvalue weighted by Gasteiger charge is 2.26. The molecule has 1 saturated carbocycles. The lowest BCUT2D eigenvalue weighted by Crippen LogP contribution is -2.41. The van der Waals surface area contributed by atoms with Crippen molar-refractivity contribution in [2.75, 3.05) is 0 Å². The van der Waals surface area contributed by atoms with E-state index < -0.39 is 0 Å².